The van der Waals surface area contributed by atoms with Crippen molar-refractivity contribution in [3.8, 4) is 0 Å². The molecule has 2 aromatic carbocycles. The molecule has 4 rings (SSSR count). The number of hydrogen-bond donors (Lipinski definition) is 2. The standard InChI is InChI=1S/C20H19Cl3N4/c21-15-10-13(11-16(22)18(15)23)25-20-26-17-9-5-4-8-14(17)19(27-20)24-12-6-2-1-3-7-12/h4-5,8-12H,1-3,6-7H2,(H2,24,25,26,27). The zero-order valence-corrected chi connectivity index (χ0v) is 16.9. The van der Waals surface area contributed by atoms with E-state index in [1.54, 1.807) is 12.1 Å². The Balaban J connectivity index is 1.68. The van der Waals surface area contributed by atoms with Crippen molar-refractivity contribution >= 4 is 63.2 Å². The molecule has 140 valence electrons. The van der Waals surface area contributed by atoms with E-state index in [4.69, 9.17) is 39.8 Å². The first-order valence-corrected chi connectivity index (χ1v) is 10.2. The van der Waals surface area contributed by atoms with Crippen LogP contribution in [0, 0.1) is 0 Å². The Kier molecular flexibility index (Phi) is 5.58. The third kappa shape index (κ3) is 4.23. The Morgan fingerprint density at radius 2 is 1.59 bits per heavy atom. The number of aromatic nitrogens is 2. The van der Waals surface area contributed by atoms with Crippen molar-refractivity contribution in [3.05, 3.63) is 51.5 Å². The molecule has 0 saturated heterocycles. The number of fused-ring (bicyclic) bond motifs is 1. The third-order valence-corrected chi connectivity index (χ3v) is 5.99. The lowest BCUT2D eigenvalue weighted by Gasteiger charge is -2.24. The lowest BCUT2D eigenvalue weighted by atomic mass is 9.95. The van der Waals surface area contributed by atoms with E-state index in [9.17, 15) is 0 Å². The van der Waals surface area contributed by atoms with Crippen molar-refractivity contribution in [3.63, 3.8) is 0 Å². The summed E-state index contributed by atoms with van der Waals surface area (Å²) in [7, 11) is 0. The van der Waals surface area contributed by atoms with Crippen molar-refractivity contribution in [1.82, 2.24) is 9.97 Å². The minimum absolute atomic E-state index is 0.336. The smallest absolute Gasteiger partial charge is 0.229 e. The highest BCUT2D eigenvalue weighted by atomic mass is 35.5. The maximum absolute atomic E-state index is 6.13. The summed E-state index contributed by atoms with van der Waals surface area (Å²) in [6, 6.07) is 11.9. The third-order valence-electron chi connectivity index (χ3n) is 4.79. The number of hydrogen-bond acceptors (Lipinski definition) is 4. The van der Waals surface area contributed by atoms with Crippen LogP contribution in [-0.4, -0.2) is 16.0 Å². The van der Waals surface area contributed by atoms with Crippen molar-refractivity contribution in [2.75, 3.05) is 10.6 Å². The van der Waals surface area contributed by atoms with Crippen molar-refractivity contribution in [1.29, 1.82) is 0 Å². The van der Waals surface area contributed by atoms with Crippen LogP contribution in [-0.2, 0) is 0 Å². The van der Waals surface area contributed by atoms with E-state index in [1.807, 2.05) is 24.3 Å². The van der Waals surface area contributed by atoms with E-state index in [0.717, 1.165) is 16.7 Å². The second-order valence-electron chi connectivity index (χ2n) is 6.77. The Hall–Kier alpha value is -1.75. The average Bonchev–Trinajstić information content (AvgIpc) is 2.67. The molecule has 1 heterocycles. The Labute approximate surface area is 173 Å². The van der Waals surface area contributed by atoms with E-state index in [0.29, 0.717) is 32.7 Å². The SMILES string of the molecule is Clc1cc(Nc2nc(NC3CCCCC3)c3ccccc3n2)cc(Cl)c1Cl. The summed E-state index contributed by atoms with van der Waals surface area (Å²) in [5.41, 5.74) is 1.56. The molecule has 0 unspecified atom stereocenters. The first-order chi connectivity index (χ1) is 13.1. The van der Waals surface area contributed by atoms with Crippen molar-refractivity contribution in [2.24, 2.45) is 0 Å². The molecule has 1 aromatic heterocycles. The summed E-state index contributed by atoms with van der Waals surface area (Å²) in [5, 5.41) is 8.93. The number of halogens is 3. The molecule has 0 spiro atoms. The molecule has 0 atom stereocenters. The molecule has 0 amide bonds. The molecule has 27 heavy (non-hydrogen) atoms. The fourth-order valence-corrected chi connectivity index (χ4v) is 4.04. The van der Waals surface area contributed by atoms with Crippen LogP contribution in [0.25, 0.3) is 10.9 Å². The molecule has 7 heteroatoms. The van der Waals surface area contributed by atoms with Crippen molar-refractivity contribution in [2.45, 2.75) is 38.1 Å². The summed E-state index contributed by atoms with van der Waals surface area (Å²) in [5.74, 6) is 1.34. The number of nitrogens with one attached hydrogen (secondary N) is 2. The van der Waals surface area contributed by atoms with Gasteiger partial charge in [-0.1, -0.05) is 66.2 Å². The second-order valence-corrected chi connectivity index (χ2v) is 7.96. The summed E-state index contributed by atoms with van der Waals surface area (Å²) in [4.78, 5) is 9.34. The molecule has 1 aliphatic rings. The van der Waals surface area contributed by atoms with Gasteiger partial charge in [-0.15, -0.1) is 0 Å². The molecular formula is C20H19Cl3N4. The van der Waals surface area contributed by atoms with Gasteiger partial charge in [-0.3, -0.25) is 0 Å². The van der Waals surface area contributed by atoms with Gasteiger partial charge in [-0.05, 0) is 37.1 Å². The molecule has 1 saturated carbocycles. The van der Waals surface area contributed by atoms with Crippen LogP contribution in [0.1, 0.15) is 32.1 Å². The number of rotatable bonds is 4. The molecule has 2 N–H and O–H groups in total. The number of para-hydroxylation sites is 1. The van der Waals surface area contributed by atoms with Crippen LogP contribution in [0.4, 0.5) is 17.5 Å². The van der Waals surface area contributed by atoms with Crippen LogP contribution in [0.3, 0.4) is 0 Å². The van der Waals surface area contributed by atoms with Gasteiger partial charge in [0.15, 0.2) is 0 Å². The molecule has 4 nitrogen and oxygen atoms in total. The Bertz CT molecular complexity index is 948. The highest BCUT2D eigenvalue weighted by Gasteiger charge is 2.16. The zero-order valence-electron chi connectivity index (χ0n) is 14.6. The fraction of sp³-hybridized carbons (Fsp3) is 0.300. The van der Waals surface area contributed by atoms with Crippen LogP contribution in [0.5, 0.6) is 0 Å². The van der Waals surface area contributed by atoms with Crippen LogP contribution in [0.2, 0.25) is 15.1 Å². The van der Waals surface area contributed by atoms with Gasteiger partial charge in [-0.25, -0.2) is 4.98 Å². The van der Waals surface area contributed by atoms with Gasteiger partial charge in [0.05, 0.1) is 20.6 Å². The van der Waals surface area contributed by atoms with Gasteiger partial charge in [-0.2, -0.15) is 4.98 Å². The number of benzene rings is 2. The molecule has 0 radical (unpaired) electrons. The van der Waals surface area contributed by atoms with E-state index >= 15 is 0 Å². The Morgan fingerprint density at radius 3 is 2.33 bits per heavy atom. The van der Waals surface area contributed by atoms with Gasteiger partial charge in [0.2, 0.25) is 5.95 Å². The van der Waals surface area contributed by atoms with Crippen LogP contribution in [0.15, 0.2) is 36.4 Å². The normalized spacial score (nSPS) is 15.1. The highest BCUT2D eigenvalue weighted by molar-refractivity contribution is 6.48. The molecule has 1 aliphatic carbocycles. The molecule has 3 aromatic rings. The van der Waals surface area contributed by atoms with Gasteiger partial charge in [0, 0.05) is 17.1 Å². The van der Waals surface area contributed by atoms with Gasteiger partial charge < -0.3 is 10.6 Å². The molecule has 1 fully saturated rings. The summed E-state index contributed by atoms with van der Waals surface area (Å²) in [6.07, 6.45) is 6.17. The van der Waals surface area contributed by atoms with E-state index in [-0.39, 0.29) is 0 Å². The number of anilines is 3. The summed E-state index contributed by atoms with van der Waals surface area (Å²) >= 11 is 18.3. The van der Waals surface area contributed by atoms with Crippen LogP contribution < -0.4 is 10.6 Å². The molecular weight excluding hydrogens is 403 g/mol. The number of nitrogens with zero attached hydrogens (tertiary/aromatic N) is 2. The van der Waals surface area contributed by atoms with Gasteiger partial charge in [0.1, 0.15) is 5.82 Å². The lowest BCUT2D eigenvalue weighted by molar-refractivity contribution is 0.462. The maximum Gasteiger partial charge on any atom is 0.229 e. The zero-order chi connectivity index (χ0) is 18.8. The van der Waals surface area contributed by atoms with Crippen molar-refractivity contribution < 1.29 is 0 Å². The van der Waals surface area contributed by atoms with Gasteiger partial charge in [0.25, 0.3) is 0 Å². The monoisotopic (exact) mass is 420 g/mol. The topological polar surface area (TPSA) is 49.8 Å². The first kappa shape index (κ1) is 18.6. The molecule has 0 aliphatic heterocycles. The highest BCUT2D eigenvalue weighted by Crippen LogP contribution is 2.34. The lowest BCUT2D eigenvalue weighted by Crippen LogP contribution is -2.23. The predicted octanol–water partition coefficient (Wildman–Crippen LogP) is 7.08. The largest absolute Gasteiger partial charge is 0.367 e. The first-order valence-electron chi connectivity index (χ1n) is 9.05. The summed E-state index contributed by atoms with van der Waals surface area (Å²) in [6.45, 7) is 0. The van der Waals surface area contributed by atoms with E-state index < -0.39 is 0 Å². The predicted molar refractivity (Wildman–Crippen MR) is 115 cm³/mol. The minimum atomic E-state index is 0.336. The maximum atomic E-state index is 6.13. The van der Waals surface area contributed by atoms with Crippen LogP contribution >= 0.6 is 34.8 Å². The van der Waals surface area contributed by atoms with E-state index in [1.165, 1.54) is 32.1 Å². The minimum Gasteiger partial charge on any atom is -0.367 e. The fourth-order valence-electron chi connectivity index (χ4n) is 3.44. The van der Waals surface area contributed by atoms with Gasteiger partial charge >= 0.3 is 0 Å². The average molecular weight is 422 g/mol. The quantitative estimate of drug-likeness (QED) is 0.442. The van der Waals surface area contributed by atoms with E-state index in [2.05, 4.69) is 15.6 Å². The second kappa shape index (κ2) is 8.09. The Morgan fingerprint density at radius 1 is 0.889 bits per heavy atom. The summed E-state index contributed by atoms with van der Waals surface area (Å²) < 4.78 is 0. The molecule has 0 bridgehead atoms.